The summed E-state index contributed by atoms with van der Waals surface area (Å²) in [7, 11) is 0. The van der Waals surface area contributed by atoms with Crippen molar-refractivity contribution in [2.24, 2.45) is 0 Å². The van der Waals surface area contributed by atoms with Gasteiger partial charge in [-0.25, -0.2) is 9.97 Å². The third-order valence-electron chi connectivity index (χ3n) is 2.58. The molecule has 1 N–H and O–H groups in total. The smallest absolute Gasteiger partial charge is 0.274 e. The fourth-order valence-corrected chi connectivity index (χ4v) is 1.69. The lowest BCUT2D eigenvalue weighted by atomic mass is 10.2. The molecule has 1 rings (SSSR count). The Morgan fingerprint density at radius 1 is 1.33 bits per heavy atom. The Labute approximate surface area is 109 Å². The summed E-state index contributed by atoms with van der Waals surface area (Å²) in [5.74, 6) is 0.642. The summed E-state index contributed by atoms with van der Waals surface area (Å²) >= 11 is 0. The molecular weight excluding hydrogens is 228 g/mol. The monoisotopic (exact) mass is 250 g/mol. The van der Waals surface area contributed by atoms with Crippen molar-refractivity contribution in [2.75, 3.05) is 18.4 Å². The Morgan fingerprint density at radius 2 is 2.06 bits per heavy atom. The van der Waals surface area contributed by atoms with Crippen molar-refractivity contribution in [3.05, 3.63) is 18.1 Å². The van der Waals surface area contributed by atoms with E-state index in [-0.39, 0.29) is 11.9 Å². The zero-order valence-electron chi connectivity index (χ0n) is 11.6. The Hall–Kier alpha value is -1.65. The number of amides is 1. The first-order chi connectivity index (χ1) is 8.60. The van der Waals surface area contributed by atoms with Gasteiger partial charge in [0.1, 0.15) is 11.5 Å². The molecule has 0 bridgehead atoms. The number of carbonyl (C=O) groups is 1. The summed E-state index contributed by atoms with van der Waals surface area (Å²) < 4.78 is 0. The zero-order chi connectivity index (χ0) is 13.5. The lowest BCUT2D eigenvalue weighted by molar-refractivity contribution is 0.0699. The van der Waals surface area contributed by atoms with Gasteiger partial charge in [-0.1, -0.05) is 6.92 Å². The van der Waals surface area contributed by atoms with Crippen LogP contribution in [0.5, 0.6) is 0 Å². The Morgan fingerprint density at radius 3 is 2.50 bits per heavy atom. The van der Waals surface area contributed by atoms with Crippen LogP contribution in [0.4, 0.5) is 5.82 Å². The van der Waals surface area contributed by atoms with Gasteiger partial charge in [0.05, 0.1) is 12.4 Å². The summed E-state index contributed by atoms with van der Waals surface area (Å²) in [4.78, 5) is 22.4. The largest absolute Gasteiger partial charge is 0.369 e. The highest BCUT2D eigenvalue weighted by atomic mass is 16.2. The van der Waals surface area contributed by atoms with Crippen molar-refractivity contribution >= 4 is 11.7 Å². The molecule has 0 radical (unpaired) electrons. The van der Waals surface area contributed by atoms with Gasteiger partial charge >= 0.3 is 0 Å². The van der Waals surface area contributed by atoms with Crippen LogP contribution < -0.4 is 5.32 Å². The number of aromatic nitrogens is 2. The first-order valence-electron chi connectivity index (χ1n) is 6.47. The predicted octanol–water partition coefficient (Wildman–Crippen LogP) is 2.17. The van der Waals surface area contributed by atoms with Crippen LogP contribution in [0, 0.1) is 0 Å². The molecule has 1 aromatic rings. The first-order valence-corrected chi connectivity index (χ1v) is 6.47. The molecule has 0 saturated heterocycles. The van der Waals surface area contributed by atoms with Crippen LogP contribution in [0.2, 0.25) is 0 Å². The number of nitrogens with zero attached hydrogens (tertiary/aromatic N) is 3. The summed E-state index contributed by atoms with van der Waals surface area (Å²) in [6.45, 7) is 9.59. The Balaban J connectivity index is 2.81. The fraction of sp³-hybridized carbons (Fsp3) is 0.615. The molecule has 0 atom stereocenters. The predicted molar refractivity (Wildman–Crippen MR) is 72.7 cm³/mol. The van der Waals surface area contributed by atoms with Crippen LogP contribution >= 0.6 is 0 Å². The topological polar surface area (TPSA) is 58.1 Å². The van der Waals surface area contributed by atoms with Crippen molar-refractivity contribution in [3.63, 3.8) is 0 Å². The first kappa shape index (κ1) is 14.4. The van der Waals surface area contributed by atoms with E-state index in [4.69, 9.17) is 0 Å². The summed E-state index contributed by atoms with van der Waals surface area (Å²) in [6, 6.07) is 0.174. The zero-order valence-corrected chi connectivity index (χ0v) is 11.6. The van der Waals surface area contributed by atoms with Crippen LogP contribution in [0.15, 0.2) is 12.4 Å². The van der Waals surface area contributed by atoms with Gasteiger partial charge in [-0.2, -0.15) is 0 Å². The second-order valence-corrected chi connectivity index (χ2v) is 4.41. The molecule has 0 aliphatic heterocycles. The molecule has 5 nitrogen and oxygen atoms in total. The van der Waals surface area contributed by atoms with Gasteiger partial charge in [-0.15, -0.1) is 0 Å². The minimum atomic E-state index is -0.0533. The van der Waals surface area contributed by atoms with Gasteiger partial charge in [0.15, 0.2) is 0 Å². The third kappa shape index (κ3) is 3.68. The van der Waals surface area contributed by atoms with Crippen LogP contribution in [-0.2, 0) is 0 Å². The van der Waals surface area contributed by atoms with Gasteiger partial charge in [0, 0.05) is 19.1 Å². The summed E-state index contributed by atoms with van der Waals surface area (Å²) in [5.41, 5.74) is 0.402. The fourth-order valence-electron chi connectivity index (χ4n) is 1.69. The highest BCUT2D eigenvalue weighted by Gasteiger charge is 2.19. The second kappa shape index (κ2) is 6.93. The second-order valence-electron chi connectivity index (χ2n) is 4.41. The Kier molecular flexibility index (Phi) is 5.55. The normalized spacial score (nSPS) is 10.5. The van der Waals surface area contributed by atoms with Crippen LogP contribution in [0.25, 0.3) is 0 Å². The number of rotatable bonds is 6. The number of carbonyl (C=O) groups excluding carboxylic acids is 1. The summed E-state index contributed by atoms with van der Waals surface area (Å²) in [6.07, 6.45) is 4.07. The van der Waals surface area contributed by atoms with Crippen molar-refractivity contribution in [1.29, 1.82) is 0 Å². The highest BCUT2D eigenvalue weighted by Crippen LogP contribution is 2.08. The minimum absolute atomic E-state index is 0.0533. The van der Waals surface area contributed by atoms with Gasteiger partial charge in [-0.05, 0) is 27.2 Å². The molecular formula is C13H22N4O. The molecule has 0 fully saturated rings. The quantitative estimate of drug-likeness (QED) is 0.840. The van der Waals surface area contributed by atoms with Crippen molar-refractivity contribution < 1.29 is 4.79 Å². The maximum absolute atomic E-state index is 12.2. The SMILES string of the molecule is CCCN(C(=O)c1cnc(NCC)cn1)C(C)C. The van der Waals surface area contributed by atoms with E-state index in [1.165, 1.54) is 6.20 Å². The van der Waals surface area contributed by atoms with Crippen molar-refractivity contribution in [3.8, 4) is 0 Å². The van der Waals surface area contributed by atoms with Gasteiger partial charge in [0.2, 0.25) is 0 Å². The van der Waals surface area contributed by atoms with E-state index in [2.05, 4.69) is 22.2 Å². The maximum Gasteiger partial charge on any atom is 0.274 e. The Bertz CT molecular complexity index is 375. The lowest BCUT2D eigenvalue weighted by Gasteiger charge is -2.25. The molecule has 0 aliphatic carbocycles. The standard InChI is InChI=1S/C13H22N4O/c1-5-7-17(10(3)4)13(18)11-8-16-12(9-15-11)14-6-2/h8-10H,5-7H2,1-4H3,(H,14,16). The van der Waals surface area contributed by atoms with Gasteiger partial charge in [0.25, 0.3) is 5.91 Å². The molecule has 5 heteroatoms. The molecule has 0 unspecified atom stereocenters. The van der Waals surface area contributed by atoms with Crippen molar-refractivity contribution in [2.45, 2.75) is 40.2 Å². The van der Waals surface area contributed by atoms with E-state index >= 15 is 0 Å². The number of hydrogen-bond donors (Lipinski definition) is 1. The molecule has 100 valence electrons. The molecule has 0 saturated carbocycles. The van der Waals surface area contributed by atoms with Gasteiger partial charge < -0.3 is 10.2 Å². The van der Waals surface area contributed by atoms with Crippen LogP contribution in [0.3, 0.4) is 0 Å². The molecule has 0 aliphatic rings. The highest BCUT2D eigenvalue weighted by molar-refractivity contribution is 5.92. The summed E-state index contributed by atoms with van der Waals surface area (Å²) in [5, 5.41) is 3.05. The van der Waals surface area contributed by atoms with Crippen molar-refractivity contribution in [1.82, 2.24) is 14.9 Å². The average molecular weight is 250 g/mol. The van der Waals surface area contributed by atoms with E-state index in [0.29, 0.717) is 11.5 Å². The van der Waals surface area contributed by atoms with E-state index in [1.54, 1.807) is 6.20 Å². The van der Waals surface area contributed by atoms with E-state index in [9.17, 15) is 4.79 Å². The van der Waals surface area contributed by atoms with Crippen LogP contribution in [0.1, 0.15) is 44.6 Å². The molecule has 1 aromatic heterocycles. The average Bonchev–Trinajstić information content (AvgIpc) is 2.36. The molecule has 1 amide bonds. The minimum Gasteiger partial charge on any atom is -0.369 e. The lowest BCUT2D eigenvalue weighted by Crippen LogP contribution is -2.38. The molecule has 18 heavy (non-hydrogen) atoms. The van der Waals surface area contributed by atoms with Gasteiger partial charge in [-0.3, -0.25) is 4.79 Å². The number of anilines is 1. The third-order valence-corrected chi connectivity index (χ3v) is 2.58. The van der Waals surface area contributed by atoms with E-state index in [0.717, 1.165) is 19.5 Å². The van der Waals surface area contributed by atoms with E-state index in [1.807, 2.05) is 25.7 Å². The molecule has 0 spiro atoms. The molecule has 1 heterocycles. The maximum atomic E-state index is 12.2. The number of nitrogens with one attached hydrogen (secondary N) is 1. The molecule has 0 aromatic carbocycles. The van der Waals surface area contributed by atoms with E-state index < -0.39 is 0 Å². The number of hydrogen-bond acceptors (Lipinski definition) is 4. The van der Waals surface area contributed by atoms with Crippen LogP contribution in [-0.4, -0.2) is 39.9 Å².